The van der Waals surface area contributed by atoms with Crippen molar-refractivity contribution in [3.8, 4) is 0 Å². The highest BCUT2D eigenvalue weighted by atomic mass is 16.1. The van der Waals surface area contributed by atoms with Crippen molar-refractivity contribution in [1.82, 2.24) is 10.6 Å². The number of hydrogen-bond donors (Lipinski definition) is 2. The Balaban J connectivity index is 3.23. The van der Waals surface area contributed by atoms with E-state index in [9.17, 15) is 4.79 Å². The quantitative estimate of drug-likeness (QED) is 0.564. The summed E-state index contributed by atoms with van der Waals surface area (Å²) in [6.45, 7) is 5.41. The highest BCUT2D eigenvalue weighted by molar-refractivity contribution is 5.75. The van der Waals surface area contributed by atoms with E-state index in [1.54, 1.807) is 7.05 Å². The fraction of sp³-hybridized carbons (Fsp3) is 0.923. The Hall–Kier alpha value is -0.570. The molecule has 1 amide bonds. The molecule has 1 unspecified atom stereocenters. The molecule has 0 aliphatic carbocycles. The zero-order chi connectivity index (χ0) is 12.2. The standard InChI is InChI=1S/C13H28N2O/c1-4-5-6-7-9-12(2)15-11-8-10-13(16)14-3/h12,15H,4-11H2,1-3H3,(H,14,16). The van der Waals surface area contributed by atoms with Crippen molar-refractivity contribution < 1.29 is 4.79 Å². The summed E-state index contributed by atoms with van der Waals surface area (Å²) >= 11 is 0. The monoisotopic (exact) mass is 228 g/mol. The maximum absolute atomic E-state index is 11.0. The molecule has 0 bridgehead atoms. The van der Waals surface area contributed by atoms with E-state index < -0.39 is 0 Å². The van der Waals surface area contributed by atoms with Crippen molar-refractivity contribution in [3.05, 3.63) is 0 Å². The first-order chi connectivity index (χ1) is 7.70. The Bertz CT molecular complexity index is 171. The Morgan fingerprint density at radius 1 is 1.19 bits per heavy atom. The topological polar surface area (TPSA) is 41.1 Å². The third kappa shape index (κ3) is 9.97. The second kappa shape index (κ2) is 10.9. The molecular formula is C13H28N2O. The summed E-state index contributed by atoms with van der Waals surface area (Å²) in [6, 6.07) is 0.585. The van der Waals surface area contributed by atoms with Crippen molar-refractivity contribution >= 4 is 5.91 Å². The summed E-state index contributed by atoms with van der Waals surface area (Å²) in [6.07, 6.45) is 8.13. The van der Waals surface area contributed by atoms with Crippen LogP contribution >= 0.6 is 0 Å². The lowest BCUT2D eigenvalue weighted by atomic mass is 10.1. The van der Waals surface area contributed by atoms with Crippen LogP contribution in [0.15, 0.2) is 0 Å². The Morgan fingerprint density at radius 2 is 1.94 bits per heavy atom. The summed E-state index contributed by atoms with van der Waals surface area (Å²) in [7, 11) is 1.69. The average molecular weight is 228 g/mol. The molecule has 0 spiro atoms. The van der Waals surface area contributed by atoms with Gasteiger partial charge in [0.1, 0.15) is 0 Å². The summed E-state index contributed by atoms with van der Waals surface area (Å²) in [4.78, 5) is 11.0. The second-order valence-electron chi connectivity index (χ2n) is 4.48. The highest BCUT2D eigenvalue weighted by Crippen LogP contribution is 2.05. The van der Waals surface area contributed by atoms with E-state index in [0.29, 0.717) is 12.5 Å². The third-order valence-corrected chi connectivity index (χ3v) is 2.84. The van der Waals surface area contributed by atoms with Crippen LogP contribution in [-0.2, 0) is 4.79 Å². The van der Waals surface area contributed by atoms with Crippen LogP contribution in [0.1, 0.15) is 58.8 Å². The van der Waals surface area contributed by atoms with Crippen LogP contribution in [0, 0.1) is 0 Å². The summed E-state index contributed by atoms with van der Waals surface area (Å²) < 4.78 is 0. The molecule has 0 aliphatic rings. The van der Waals surface area contributed by atoms with Gasteiger partial charge < -0.3 is 10.6 Å². The largest absolute Gasteiger partial charge is 0.359 e. The van der Waals surface area contributed by atoms with Gasteiger partial charge in [-0.15, -0.1) is 0 Å². The van der Waals surface area contributed by atoms with Gasteiger partial charge in [-0.3, -0.25) is 4.79 Å². The summed E-state index contributed by atoms with van der Waals surface area (Å²) in [5.74, 6) is 0.136. The maximum Gasteiger partial charge on any atom is 0.219 e. The number of carbonyl (C=O) groups is 1. The van der Waals surface area contributed by atoms with Crippen molar-refractivity contribution in [2.24, 2.45) is 0 Å². The van der Waals surface area contributed by atoms with E-state index in [4.69, 9.17) is 0 Å². The summed E-state index contributed by atoms with van der Waals surface area (Å²) in [5, 5.41) is 6.09. The van der Waals surface area contributed by atoms with Crippen LogP contribution in [-0.4, -0.2) is 25.5 Å². The number of carbonyl (C=O) groups excluding carboxylic acids is 1. The first kappa shape index (κ1) is 15.4. The number of rotatable bonds is 10. The third-order valence-electron chi connectivity index (χ3n) is 2.84. The first-order valence-electron chi connectivity index (χ1n) is 6.64. The molecule has 0 aromatic carbocycles. The van der Waals surface area contributed by atoms with Crippen LogP contribution in [0.4, 0.5) is 0 Å². The molecule has 0 aliphatic heterocycles. The van der Waals surface area contributed by atoms with Crippen LogP contribution in [0.2, 0.25) is 0 Å². The Morgan fingerprint density at radius 3 is 2.56 bits per heavy atom. The molecule has 0 fully saturated rings. The molecule has 0 saturated heterocycles. The molecule has 0 heterocycles. The van der Waals surface area contributed by atoms with E-state index in [1.165, 1.54) is 32.1 Å². The van der Waals surface area contributed by atoms with Gasteiger partial charge in [0, 0.05) is 19.5 Å². The molecule has 2 N–H and O–H groups in total. The molecule has 96 valence electrons. The lowest BCUT2D eigenvalue weighted by Crippen LogP contribution is -2.28. The van der Waals surface area contributed by atoms with E-state index >= 15 is 0 Å². The van der Waals surface area contributed by atoms with E-state index in [2.05, 4.69) is 24.5 Å². The zero-order valence-electron chi connectivity index (χ0n) is 11.1. The van der Waals surface area contributed by atoms with Gasteiger partial charge in [-0.25, -0.2) is 0 Å². The van der Waals surface area contributed by atoms with Crippen molar-refractivity contribution in [1.29, 1.82) is 0 Å². The predicted molar refractivity (Wildman–Crippen MR) is 69.5 cm³/mol. The Kier molecular flexibility index (Phi) is 10.5. The number of hydrogen-bond acceptors (Lipinski definition) is 2. The van der Waals surface area contributed by atoms with Crippen molar-refractivity contribution in [3.63, 3.8) is 0 Å². The zero-order valence-corrected chi connectivity index (χ0v) is 11.1. The maximum atomic E-state index is 11.0. The van der Waals surface area contributed by atoms with Gasteiger partial charge in [-0.2, -0.15) is 0 Å². The normalized spacial score (nSPS) is 12.4. The van der Waals surface area contributed by atoms with Gasteiger partial charge in [-0.1, -0.05) is 32.6 Å². The van der Waals surface area contributed by atoms with Gasteiger partial charge in [0.2, 0.25) is 5.91 Å². The molecule has 0 saturated carbocycles. The van der Waals surface area contributed by atoms with Gasteiger partial charge in [0.05, 0.1) is 0 Å². The van der Waals surface area contributed by atoms with Crippen molar-refractivity contribution in [2.75, 3.05) is 13.6 Å². The number of unbranched alkanes of at least 4 members (excludes halogenated alkanes) is 3. The van der Waals surface area contributed by atoms with E-state index in [0.717, 1.165) is 13.0 Å². The number of amides is 1. The predicted octanol–water partition coefficient (Wildman–Crippen LogP) is 2.46. The van der Waals surface area contributed by atoms with Crippen LogP contribution in [0.5, 0.6) is 0 Å². The smallest absolute Gasteiger partial charge is 0.219 e. The number of nitrogens with one attached hydrogen (secondary N) is 2. The molecule has 0 rings (SSSR count). The molecule has 3 nitrogen and oxygen atoms in total. The molecule has 0 aromatic heterocycles. The first-order valence-corrected chi connectivity index (χ1v) is 6.64. The minimum absolute atomic E-state index is 0.136. The van der Waals surface area contributed by atoms with Gasteiger partial charge >= 0.3 is 0 Å². The second-order valence-corrected chi connectivity index (χ2v) is 4.48. The van der Waals surface area contributed by atoms with Crippen molar-refractivity contribution in [2.45, 2.75) is 64.8 Å². The van der Waals surface area contributed by atoms with Gasteiger partial charge in [-0.05, 0) is 26.3 Å². The summed E-state index contributed by atoms with van der Waals surface area (Å²) in [5.41, 5.74) is 0. The molecule has 16 heavy (non-hydrogen) atoms. The highest BCUT2D eigenvalue weighted by Gasteiger charge is 2.01. The average Bonchev–Trinajstić information content (AvgIpc) is 2.30. The fourth-order valence-corrected chi connectivity index (χ4v) is 1.70. The molecule has 0 aromatic rings. The van der Waals surface area contributed by atoms with Gasteiger partial charge in [0.25, 0.3) is 0 Å². The lowest BCUT2D eigenvalue weighted by molar-refractivity contribution is -0.120. The lowest BCUT2D eigenvalue weighted by Gasteiger charge is -2.13. The van der Waals surface area contributed by atoms with Crippen LogP contribution in [0.3, 0.4) is 0 Å². The molecule has 0 radical (unpaired) electrons. The van der Waals surface area contributed by atoms with E-state index in [-0.39, 0.29) is 5.91 Å². The molecular weight excluding hydrogens is 200 g/mol. The molecule has 1 atom stereocenters. The fourth-order valence-electron chi connectivity index (χ4n) is 1.70. The van der Waals surface area contributed by atoms with Gasteiger partial charge in [0.15, 0.2) is 0 Å². The van der Waals surface area contributed by atoms with Crippen LogP contribution in [0.25, 0.3) is 0 Å². The van der Waals surface area contributed by atoms with Crippen LogP contribution < -0.4 is 10.6 Å². The minimum Gasteiger partial charge on any atom is -0.359 e. The Labute approximate surface area is 100 Å². The molecule has 3 heteroatoms. The minimum atomic E-state index is 0.136. The van der Waals surface area contributed by atoms with E-state index in [1.807, 2.05) is 0 Å². The SMILES string of the molecule is CCCCCCC(C)NCCCC(=O)NC.